The molecule has 1 fully saturated rings. The first kappa shape index (κ1) is 14.3. The average Bonchev–Trinajstić information content (AvgIpc) is 2.39. The van der Waals surface area contributed by atoms with Gasteiger partial charge in [0.1, 0.15) is 18.2 Å². The maximum atomic E-state index is 13.7. The highest BCUT2D eigenvalue weighted by Crippen LogP contribution is 2.20. The van der Waals surface area contributed by atoms with Crippen molar-refractivity contribution in [2.75, 3.05) is 26.2 Å². The molecule has 0 spiro atoms. The molecule has 1 unspecified atom stereocenters. The van der Waals surface area contributed by atoms with Crippen LogP contribution >= 0.6 is 0 Å². The van der Waals surface area contributed by atoms with Crippen LogP contribution in [0.4, 0.5) is 4.39 Å². The highest BCUT2D eigenvalue weighted by molar-refractivity contribution is 5.30. The predicted molar refractivity (Wildman–Crippen MR) is 74.8 cm³/mol. The molecule has 1 aliphatic rings. The Hall–Kier alpha value is -1.13. The van der Waals surface area contributed by atoms with Crippen LogP contribution in [0.5, 0.6) is 5.75 Å². The van der Waals surface area contributed by atoms with Gasteiger partial charge in [-0.3, -0.25) is 4.90 Å². The minimum atomic E-state index is -0.289. The van der Waals surface area contributed by atoms with Gasteiger partial charge < -0.3 is 10.5 Å². The summed E-state index contributed by atoms with van der Waals surface area (Å²) in [6.07, 6.45) is 3.89. The number of benzene rings is 1. The van der Waals surface area contributed by atoms with Crippen LogP contribution in [0.25, 0.3) is 0 Å². The largest absolute Gasteiger partial charge is 0.492 e. The molecule has 0 bridgehead atoms. The van der Waals surface area contributed by atoms with Gasteiger partial charge in [0.05, 0.1) is 0 Å². The molecule has 1 aliphatic heterocycles. The van der Waals surface area contributed by atoms with Crippen LogP contribution in [0.3, 0.4) is 0 Å². The van der Waals surface area contributed by atoms with Gasteiger partial charge in [0.15, 0.2) is 0 Å². The minimum absolute atomic E-state index is 0.287. The molecule has 1 heterocycles. The van der Waals surface area contributed by atoms with Crippen LogP contribution in [0.2, 0.25) is 0 Å². The van der Waals surface area contributed by atoms with Crippen LogP contribution in [0.15, 0.2) is 18.2 Å². The number of rotatable bonds is 5. The van der Waals surface area contributed by atoms with E-state index in [0.29, 0.717) is 17.9 Å². The van der Waals surface area contributed by atoms with Crippen molar-refractivity contribution in [2.45, 2.75) is 32.2 Å². The van der Waals surface area contributed by atoms with E-state index >= 15 is 0 Å². The standard InChI is InChI=1S/C15H23FN2O/c1-12(17)14-6-5-13(11-15(14)16)19-10-9-18-7-3-2-4-8-18/h5-6,11-12H,2-4,7-10,17H2,1H3. The SMILES string of the molecule is CC(N)c1ccc(OCCN2CCCCC2)cc1F. The van der Waals surface area contributed by atoms with Gasteiger partial charge in [-0.1, -0.05) is 12.5 Å². The van der Waals surface area contributed by atoms with Crippen LogP contribution in [0.1, 0.15) is 37.8 Å². The molecule has 106 valence electrons. The zero-order valence-corrected chi connectivity index (χ0v) is 11.6. The lowest BCUT2D eigenvalue weighted by atomic mass is 10.1. The second kappa shape index (κ2) is 6.87. The van der Waals surface area contributed by atoms with Crippen LogP contribution in [-0.2, 0) is 0 Å². The van der Waals surface area contributed by atoms with Gasteiger partial charge in [0, 0.05) is 24.2 Å². The fraction of sp³-hybridized carbons (Fsp3) is 0.600. The van der Waals surface area contributed by atoms with Crippen molar-refractivity contribution in [1.29, 1.82) is 0 Å². The van der Waals surface area contributed by atoms with Crippen LogP contribution < -0.4 is 10.5 Å². The number of piperidine rings is 1. The summed E-state index contributed by atoms with van der Waals surface area (Å²) < 4.78 is 19.3. The second-order valence-electron chi connectivity index (χ2n) is 5.22. The molecule has 1 saturated heterocycles. The van der Waals surface area contributed by atoms with E-state index in [-0.39, 0.29) is 11.9 Å². The monoisotopic (exact) mass is 266 g/mol. The van der Waals surface area contributed by atoms with E-state index in [2.05, 4.69) is 4.90 Å². The third-order valence-corrected chi connectivity index (χ3v) is 3.59. The van der Waals surface area contributed by atoms with E-state index in [1.54, 1.807) is 19.1 Å². The molecular weight excluding hydrogens is 243 g/mol. The summed E-state index contributed by atoms with van der Waals surface area (Å²) in [4.78, 5) is 2.40. The van der Waals surface area contributed by atoms with Crippen molar-refractivity contribution in [1.82, 2.24) is 4.90 Å². The van der Waals surface area contributed by atoms with Gasteiger partial charge in [-0.25, -0.2) is 4.39 Å². The summed E-state index contributed by atoms with van der Waals surface area (Å²) in [5, 5.41) is 0. The summed E-state index contributed by atoms with van der Waals surface area (Å²) in [7, 11) is 0. The lowest BCUT2D eigenvalue weighted by Crippen LogP contribution is -2.33. The highest BCUT2D eigenvalue weighted by Gasteiger charge is 2.11. The van der Waals surface area contributed by atoms with E-state index in [4.69, 9.17) is 10.5 Å². The molecule has 0 saturated carbocycles. The van der Waals surface area contributed by atoms with Crippen molar-refractivity contribution in [3.05, 3.63) is 29.6 Å². The molecule has 0 aromatic heterocycles. The third-order valence-electron chi connectivity index (χ3n) is 3.59. The summed E-state index contributed by atoms with van der Waals surface area (Å²) in [5.74, 6) is 0.296. The number of ether oxygens (including phenoxy) is 1. The molecule has 1 aromatic rings. The fourth-order valence-electron chi connectivity index (χ4n) is 2.44. The third kappa shape index (κ3) is 4.18. The molecule has 4 heteroatoms. The van der Waals surface area contributed by atoms with E-state index in [1.807, 2.05) is 0 Å². The molecule has 0 aliphatic carbocycles. The van der Waals surface area contributed by atoms with Gasteiger partial charge in [0.2, 0.25) is 0 Å². The summed E-state index contributed by atoms with van der Waals surface area (Å²) in [6.45, 7) is 5.60. The Bertz CT molecular complexity index is 403. The number of halogens is 1. The lowest BCUT2D eigenvalue weighted by Gasteiger charge is -2.26. The molecule has 2 N–H and O–H groups in total. The first-order valence-corrected chi connectivity index (χ1v) is 7.07. The molecule has 1 aromatic carbocycles. The molecule has 1 atom stereocenters. The van der Waals surface area contributed by atoms with Crippen molar-refractivity contribution in [3.63, 3.8) is 0 Å². The van der Waals surface area contributed by atoms with Gasteiger partial charge in [-0.05, 0) is 38.9 Å². The first-order chi connectivity index (χ1) is 9.16. The second-order valence-corrected chi connectivity index (χ2v) is 5.22. The van der Waals surface area contributed by atoms with E-state index in [9.17, 15) is 4.39 Å². The van der Waals surface area contributed by atoms with Gasteiger partial charge in [0.25, 0.3) is 0 Å². The Morgan fingerprint density at radius 3 is 2.68 bits per heavy atom. The van der Waals surface area contributed by atoms with Crippen molar-refractivity contribution >= 4 is 0 Å². The topological polar surface area (TPSA) is 38.5 Å². The van der Waals surface area contributed by atoms with Gasteiger partial charge >= 0.3 is 0 Å². The average molecular weight is 266 g/mol. The van der Waals surface area contributed by atoms with E-state index in [1.165, 1.54) is 25.3 Å². The molecule has 0 amide bonds. The number of hydrogen-bond donors (Lipinski definition) is 1. The van der Waals surface area contributed by atoms with Crippen molar-refractivity contribution < 1.29 is 9.13 Å². The molecule has 2 rings (SSSR count). The Morgan fingerprint density at radius 2 is 2.05 bits per heavy atom. The molecule has 3 nitrogen and oxygen atoms in total. The van der Waals surface area contributed by atoms with Crippen LogP contribution in [-0.4, -0.2) is 31.1 Å². The van der Waals surface area contributed by atoms with E-state index in [0.717, 1.165) is 19.6 Å². The first-order valence-electron chi connectivity index (χ1n) is 7.07. The van der Waals surface area contributed by atoms with Gasteiger partial charge in [-0.2, -0.15) is 0 Å². The molecule has 0 radical (unpaired) electrons. The predicted octanol–water partition coefficient (Wildman–Crippen LogP) is 2.71. The summed E-state index contributed by atoms with van der Waals surface area (Å²) >= 11 is 0. The number of hydrogen-bond acceptors (Lipinski definition) is 3. The van der Waals surface area contributed by atoms with Gasteiger partial charge in [-0.15, -0.1) is 0 Å². The van der Waals surface area contributed by atoms with E-state index < -0.39 is 0 Å². The maximum Gasteiger partial charge on any atom is 0.131 e. The van der Waals surface area contributed by atoms with Crippen molar-refractivity contribution in [3.8, 4) is 5.75 Å². The number of likely N-dealkylation sites (tertiary alicyclic amines) is 1. The molecule has 19 heavy (non-hydrogen) atoms. The Morgan fingerprint density at radius 1 is 1.32 bits per heavy atom. The Labute approximate surface area is 114 Å². The summed E-state index contributed by atoms with van der Waals surface area (Å²) in [6, 6.07) is 4.63. The smallest absolute Gasteiger partial charge is 0.131 e. The van der Waals surface area contributed by atoms with Crippen molar-refractivity contribution in [2.24, 2.45) is 5.73 Å². The lowest BCUT2D eigenvalue weighted by molar-refractivity contribution is 0.183. The highest BCUT2D eigenvalue weighted by atomic mass is 19.1. The molecular formula is C15H23FN2O. The Kier molecular flexibility index (Phi) is 5.16. The zero-order chi connectivity index (χ0) is 13.7. The van der Waals surface area contributed by atoms with Crippen LogP contribution in [0, 0.1) is 5.82 Å². The fourth-order valence-corrected chi connectivity index (χ4v) is 2.44. The number of nitrogens with zero attached hydrogens (tertiary/aromatic N) is 1. The minimum Gasteiger partial charge on any atom is -0.492 e. The number of nitrogens with two attached hydrogens (primary N) is 1. The normalized spacial score (nSPS) is 18.3. The summed E-state index contributed by atoms with van der Waals surface area (Å²) in [5.41, 5.74) is 6.21. The zero-order valence-electron chi connectivity index (χ0n) is 11.6. The quantitative estimate of drug-likeness (QED) is 0.890. The Balaban J connectivity index is 1.81. The maximum absolute atomic E-state index is 13.7.